The van der Waals surface area contributed by atoms with E-state index >= 15 is 0 Å². The topological polar surface area (TPSA) is 0 Å². The molecule has 0 spiro atoms. The Hall–Kier alpha value is 0.925. The molecular weight excluding hydrogens is 183 g/mol. The summed E-state index contributed by atoms with van der Waals surface area (Å²) < 4.78 is 0.669. The number of rotatable bonds is 2. The van der Waals surface area contributed by atoms with Gasteiger partial charge in [-0.15, -0.1) is 0 Å². The van der Waals surface area contributed by atoms with Crippen molar-refractivity contribution in [2.24, 2.45) is 0 Å². The molecule has 0 heterocycles. The van der Waals surface area contributed by atoms with Gasteiger partial charge in [0, 0.05) is 0 Å². The molecule has 0 fully saturated rings. The molecular formula is C2H6B3I. The van der Waals surface area contributed by atoms with Crippen molar-refractivity contribution in [1.29, 1.82) is 0 Å². The number of halogens is 1. The number of hydrogen-bond donors (Lipinski definition) is 0. The van der Waals surface area contributed by atoms with Crippen LogP contribution in [-0.4, -0.2) is 18.5 Å². The van der Waals surface area contributed by atoms with Crippen LogP contribution in [0.3, 0.4) is 0 Å². The van der Waals surface area contributed by atoms with Gasteiger partial charge in [0.1, 0.15) is 0 Å². The van der Waals surface area contributed by atoms with E-state index < -0.39 is 0 Å². The van der Waals surface area contributed by atoms with E-state index in [9.17, 15) is 0 Å². The summed E-state index contributed by atoms with van der Waals surface area (Å²) in [5, 5.41) is 0. The zero-order valence-electron chi connectivity index (χ0n) is 3.95. The molecule has 30 valence electrons. The molecule has 0 atom stereocenters. The van der Waals surface area contributed by atoms with Crippen LogP contribution in [0.5, 0.6) is 0 Å². The van der Waals surface area contributed by atoms with Crippen LogP contribution in [-0.2, 0) is 0 Å². The van der Waals surface area contributed by atoms with Crippen molar-refractivity contribution in [3.63, 3.8) is 0 Å². The van der Waals surface area contributed by atoms with Gasteiger partial charge in [0.2, 0.25) is 0 Å². The second kappa shape index (κ2) is 4.09. The summed E-state index contributed by atoms with van der Waals surface area (Å²) in [7, 11) is 3.62. The summed E-state index contributed by atoms with van der Waals surface area (Å²) in [6.07, 6.45) is 1.20. The molecule has 0 aromatic rings. The normalized spacial score (nSPS) is 6.83. The van der Waals surface area contributed by atoms with Crippen LogP contribution in [0.15, 0.2) is 0 Å². The van der Waals surface area contributed by atoms with Gasteiger partial charge in [-0.2, -0.15) is 0 Å². The van der Waals surface area contributed by atoms with Crippen molar-refractivity contribution in [1.82, 2.24) is 0 Å². The van der Waals surface area contributed by atoms with E-state index in [1.807, 2.05) is 6.69 Å². The first-order chi connectivity index (χ1) is 2.81. The summed E-state index contributed by atoms with van der Waals surface area (Å²) in [5.41, 5.74) is 0. The van der Waals surface area contributed by atoms with Crippen molar-refractivity contribution in [3.05, 3.63) is 0 Å². The molecule has 0 N–H and O–H groups in total. The van der Waals surface area contributed by atoms with E-state index in [2.05, 4.69) is 36.7 Å². The fraction of sp³-hybridized carbons (Fsp3) is 1.00. The Morgan fingerprint density at radius 3 is 2.50 bits per heavy atom. The summed E-state index contributed by atoms with van der Waals surface area (Å²) >= 11 is 2.35. The van der Waals surface area contributed by atoms with Crippen LogP contribution in [0, 0.1) is 0 Å². The second-order valence-corrected chi connectivity index (χ2v) is 2.76. The van der Waals surface area contributed by atoms with Gasteiger partial charge in [-0.05, 0) is 0 Å². The van der Waals surface area contributed by atoms with E-state index in [0.29, 0.717) is 4.46 Å². The Morgan fingerprint density at radius 2 is 2.50 bits per heavy atom. The zero-order chi connectivity index (χ0) is 4.99. The predicted molar refractivity (Wildman–Crippen MR) is 43.2 cm³/mol. The molecule has 0 rings (SSSR count). The standard InChI is InChI=1S/C2H6B3I/c1-2-5(6)4-3/h3H,2H2,1H3. The summed E-state index contributed by atoms with van der Waals surface area (Å²) in [6.45, 7) is 4.11. The zero-order valence-corrected chi connectivity index (χ0v) is 6.10. The van der Waals surface area contributed by atoms with Crippen LogP contribution in [0.4, 0.5) is 0 Å². The Kier molecular flexibility index (Phi) is 4.72. The average Bonchev–Trinajstić information content (AvgIpc) is 1.65. The molecule has 0 aliphatic carbocycles. The molecule has 6 heavy (non-hydrogen) atoms. The third-order valence-corrected chi connectivity index (χ3v) is 2.04. The number of hydrogen-bond acceptors (Lipinski definition) is 0. The van der Waals surface area contributed by atoms with Gasteiger partial charge in [-0.3, -0.25) is 0 Å². The first-order valence-electron chi connectivity index (χ1n) is 2.08. The Balaban J connectivity index is 2.96. The first-order valence-corrected chi connectivity index (χ1v) is 3.32. The van der Waals surface area contributed by atoms with Crippen LogP contribution in [0.25, 0.3) is 0 Å². The van der Waals surface area contributed by atoms with Crippen molar-refractivity contribution < 1.29 is 0 Å². The Labute approximate surface area is 54.3 Å². The van der Waals surface area contributed by atoms with Crippen LogP contribution < -0.4 is 0 Å². The summed E-state index contributed by atoms with van der Waals surface area (Å²) in [5.74, 6) is 0. The predicted octanol–water partition coefficient (Wildman–Crippen LogP) is 0.449. The molecule has 0 radical (unpaired) electrons. The minimum atomic E-state index is 0.669. The van der Waals surface area contributed by atoms with Gasteiger partial charge in [0.05, 0.1) is 0 Å². The first kappa shape index (κ1) is 6.92. The van der Waals surface area contributed by atoms with E-state index in [0.717, 1.165) is 0 Å². The quantitative estimate of drug-likeness (QED) is 0.437. The summed E-state index contributed by atoms with van der Waals surface area (Å²) in [6, 6.07) is 0. The maximum absolute atomic E-state index is 3.62. The van der Waals surface area contributed by atoms with E-state index in [4.69, 9.17) is 0 Å². The Bertz CT molecular complexity index is 46.1. The van der Waals surface area contributed by atoms with Crippen LogP contribution in [0.2, 0.25) is 6.32 Å². The third-order valence-electron chi connectivity index (χ3n) is 0.646. The monoisotopic (exact) mass is 190 g/mol. The molecule has 0 aliphatic heterocycles. The molecule has 4 heteroatoms. The molecule has 0 aliphatic rings. The molecule has 0 amide bonds. The fourth-order valence-electron chi connectivity index (χ4n) is 0.167. The maximum atomic E-state index is 3.62. The van der Waals surface area contributed by atoms with E-state index in [1.165, 1.54) is 6.32 Å². The third kappa shape index (κ3) is 3.13. The molecule has 0 aromatic carbocycles. The molecule has 0 nitrogen and oxygen atoms in total. The van der Waals surface area contributed by atoms with Gasteiger partial charge in [-0.25, -0.2) is 0 Å². The van der Waals surface area contributed by atoms with Gasteiger partial charge in [0.25, 0.3) is 0 Å². The molecule has 0 bridgehead atoms. The molecule has 0 aromatic heterocycles. The van der Waals surface area contributed by atoms with Crippen molar-refractivity contribution in [2.75, 3.05) is 0 Å². The van der Waals surface area contributed by atoms with Crippen LogP contribution >= 0.6 is 22.4 Å². The van der Waals surface area contributed by atoms with Gasteiger partial charge in [-0.1, -0.05) is 0 Å². The molecule has 0 unspecified atom stereocenters. The van der Waals surface area contributed by atoms with Gasteiger partial charge in [0.15, 0.2) is 0 Å². The second-order valence-electron chi connectivity index (χ2n) is 1.16. The van der Waals surface area contributed by atoms with Crippen molar-refractivity contribution in [3.8, 4) is 0 Å². The minimum absolute atomic E-state index is 0.669. The SMILES string of the molecule is B=BB(I)CC. The van der Waals surface area contributed by atoms with Crippen molar-refractivity contribution in [2.45, 2.75) is 13.2 Å². The van der Waals surface area contributed by atoms with E-state index in [1.54, 1.807) is 0 Å². The molecule has 0 saturated carbocycles. The fourth-order valence-corrected chi connectivity index (χ4v) is 0.167. The van der Waals surface area contributed by atoms with Gasteiger partial charge >= 0.3 is 54.1 Å². The van der Waals surface area contributed by atoms with Gasteiger partial charge < -0.3 is 0 Å². The Morgan fingerprint density at radius 1 is 2.00 bits per heavy atom. The van der Waals surface area contributed by atoms with Crippen molar-refractivity contribution >= 4 is 40.9 Å². The summed E-state index contributed by atoms with van der Waals surface area (Å²) in [4.78, 5) is 0. The van der Waals surface area contributed by atoms with E-state index in [-0.39, 0.29) is 0 Å². The average molecular weight is 189 g/mol. The van der Waals surface area contributed by atoms with Crippen LogP contribution in [0.1, 0.15) is 6.92 Å². The molecule has 0 saturated heterocycles.